The lowest BCUT2D eigenvalue weighted by Gasteiger charge is -2.04. The van der Waals surface area contributed by atoms with Crippen LogP contribution >= 0.6 is 23.1 Å². The number of rotatable bonds is 3. The van der Waals surface area contributed by atoms with E-state index in [1.54, 1.807) is 6.92 Å². The molecule has 0 saturated heterocycles. The second kappa shape index (κ2) is 4.53. The fraction of sp³-hybridized carbons (Fsp3) is 0.571. The van der Waals surface area contributed by atoms with E-state index >= 15 is 0 Å². The molecule has 6 heteroatoms. The first-order valence-electron chi connectivity index (χ1n) is 3.81. The first-order chi connectivity index (χ1) is 6.11. The van der Waals surface area contributed by atoms with Crippen molar-refractivity contribution in [2.75, 3.05) is 0 Å². The second-order valence-electron chi connectivity index (χ2n) is 2.62. The Kier molecular flexibility index (Phi) is 3.62. The highest BCUT2D eigenvalue weighted by atomic mass is 35.5. The number of nitrogens with zero attached hydrogens (tertiary/aromatic N) is 2. The van der Waals surface area contributed by atoms with Gasteiger partial charge in [-0.1, -0.05) is 4.49 Å². The van der Waals surface area contributed by atoms with Gasteiger partial charge in [0.05, 0.1) is 17.1 Å². The molecule has 0 aliphatic heterocycles. The molecule has 0 aliphatic carbocycles. The quantitative estimate of drug-likeness (QED) is 0.775. The van der Waals surface area contributed by atoms with Gasteiger partial charge in [0.2, 0.25) is 5.91 Å². The number of aryl methyl sites for hydroxylation is 1. The van der Waals surface area contributed by atoms with E-state index in [0.717, 1.165) is 10.6 Å². The van der Waals surface area contributed by atoms with Crippen LogP contribution < -0.4 is 5.32 Å². The van der Waals surface area contributed by atoms with Crippen LogP contribution in [0.2, 0.25) is 0 Å². The Morgan fingerprint density at radius 1 is 1.77 bits per heavy atom. The van der Waals surface area contributed by atoms with E-state index in [4.69, 9.17) is 11.6 Å². The Bertz CT molecular complexity index is 300. The molecule has 1 unspecified atom stereocenters. The minimum Gasteiger partial charge on any atom is -0.350 e. The van der Waals surface area contributed by atoms with Crippen molar-refractivity contribution in [3.05, 3.63) is 10.6 Å². The second-order valence-corrected chi connectivity index (χ2v) is 4.11. The zero-order valence-corrected chi connectivity index (χ0v) is 8.95. The minimum absolute atomic E-state index is 0.172. The molecular formula is C7H10ClN3OS. The van der Waals surface area contributed by atoms with Crippen LogP contribution in [0.25, 0.3) is 0 Å². The molecule has 0 fully saturated rings. The molecule has 4 nitrogen and oxygen atoms in total. The number of carbonyl (C=O) groups excluding carboxylic acids is 1. The van der Waals surface area contributed by atoms with Crippen LogP contribution in [0.1, 0.15) is 17.5 Å². The molecule has 1 heterocycles. The van der Waals surface area contributed by atoms with Crippen LogP contribution in [0.3, 0.4) is 0 Å². The van der Waals surface area contributed by atoms with Gasteiger partial charge in [-0.2, -0.15) is 0 Å². The van der Waals surface area contributed by atoms with Crippen molar-refractivity contribution in [3.63, 3.8) is 0 Å². The lowest BCUT2D eigenvalue weighted by atomic mass is 10.4. The smallest absolute Gasteiger partial charge is 0.238 e. The van der Waals surface area contributed by atoms with Gasteiger partial charge in [0.1, 0.15) is 5.38 Å². The third kappa shape index (κ3) is 2.93. The highest BCUT2D eigenvalue weighted by Crippen LogP contribution is 2.08. The van der Waals surface area contributed by atoms with E-state index in [1.165, 1.54) is 11.5 Å². The van der Waals surface area contributed by atoms with E-state index < -0.39 is 5.38 Å². The van der Waals surface area contributed by atoms with Crippen molar-refractivity contribution in [3.8, 4) is 0 Å². The predicted molar refractivity (Wildman–Crippen MR) is 51.8 cm³/mol. The third-order valence-corrected chi connectivity index (χ3v) is 2.55. The number of carbonyl (C=O) groups is 1. The van der Waals surface area contributed by atoms with E-state index in [1.807, 2.05) is 6.92 Å². The van der Waals surface area contributed by atoms with Crippen LogP contribution in [0, 0.1) is 6.92 Å². The Morgan fingerprint density at radius 2 is 2.46 bits per heavy atom. The molecule has 1 amide bonds. The molecule has 1 aromatic rings. The molecule has 0 aliphatic rings. The highest BCUT2D eigenvalue weighted by Gasteiger charge is 2.09. The molecule has 0 saturated carbocycles. The summed E-state index contributed by atoms with van der Waals surface area (Å²) in [5.74, 6) is -0.172. The summed E-state index contributed by atoms with van der Waals surface area (Å²) >= 11 is 6.85. The normalized spacial score (nSPS) is 12.5. The summed E-state index contributed by atoms with van der Waals surface area (Å²) in [4.78, 5) is 12.0. The number of halogens is 1. The summed E-state index contributed by atoms with van der Waals surface area (Å²) in [6.07, 6.45) is 0. The lowest BCUT2D eigenvalue weighted by Crippen LogP contribution is -2.28. The average Bonchev–Trinajstić information content (AvgIpc) is 2.47. The summed E-state index contributed by atoms with van der Waals surface area (Å²) in [6.45, 7) is 3.95. The summed E-state index contributed by atoms with van der Waals surface area (Å²) < 4.78 is 3.75. The first-order valence-corrected chi connectivity index (χ1v) is 5.02. The molecule has 1 aromatic heterocycles. The number of amides is 1. The molecule has 0 bridgehead atoms. The first kappa shape index (κ1) is 10.4. The summed E-state index contributed by atoms with van der Waals surface area (Å²) in [5, 5.41) is 6.01. The van der Waals surface area contributed by atoms with Gasteiger partial charge in [0, 0.05) is 0 Å². The van der Waals surface area contributed by atoms with Gasteiger partial charge in [-0.3, -0.25) is 4.79 Å². The molecule has 1 atom stereocenters. The average molecular weight is 220 g/mol. The monoisotopic (exact) mass is 219 g/mol. The summed E-state index contributed by atoms with van der Waals surface area (Å²) in [5.41, 5.74) is 0.854. The SMILES string of the molecule is Cc1nnsc1CNC(=O)C(C)Cl. The number of hydrogen-bond donors (Lipinski definition) is 1. The Balaban J connectivity index is 2.44. The fourth-order valence-corrected chi connectivity index (χ4v) is 1.37. The minimum atomic E-state index is -0.499. The van der Waals surface area contributed by atoms with Crippen molar-refractivity contribution in [1.82, 2.24) is 14.9 Å². The molecule has 72 valence electrons. The van der Waals surface area contributed by atoms with Gasteiger partial charge in [0.15, 0.2) is 0 Å². The predicted octanol–water partition coefficient (Wildman–Crippen LogP) is 1.09. The Labute approximate surface area is 85.5 Å². The Hall–Kier alpha value is -0.680. The molecular weight excluding hydrogens is 210 g/mol. The summed E-state index contributed by atoms with van der Waals surface area (Å²) in [6, 6.07) is 0. The molecule has 0 radical (unpaired) electrons. The maximum Gasteiger partial charge on any atom is 0.238 e. The highest BCUT2D eigenvalue weighted by molar-refractivity contribution is 7.05. The van der Waals surface area contributed by atoms with E-state index in [-0.39, 0.29) is 5.91 Å². The number of hydrogen-bond acceptors (Lipinski definition) is 4. The van der Waals surface area contributed by atoms with Crippen LogP contribution in [-0.4, -0.2) is 20.9 Å². The number of alkyl halides is 1. The topological polar surface area (TPSA) is 54.9 Å². The third-order valence-electron chi connectivity index (χ3n) is 1.53. The molecule has 1 rings (SSSR count). The molecule has 1 N–H and O–H groups in total. The van der Waals surface area contributed by atoms with Crippen molar-refractivity contribution >= 4 is 29.0 Å². The van der Waals surface area contributed by atoms with Gasteiger partial charge in [-0.25, -0.2) is 0 Å². The molecule has 13 heavy (non-hydrogen) atoms. The lowest BCUT2D eigenvalue weighted by molar-refractivity contribution is -0.120. The zero-order chi connectivity index (χ0) is 9.84. The van der Waals surface area contributed by atoms with Crippen LogP contribution in [0.5, 0.6) is 0 Å². The Morgan fingerprint density at radius 3 is 2.92 bits per heavy atom. The van der Waals surface area contributed by atoms with E-state index in [2.05, 4.69) is 14.9 Å². The van der Waals surface area contributed by atoms with Crippen molar-refractivity contribution in [1.29, 1.82) is 0 Å². The fourth-order valence-electron chi connectivity index (χ4n) is 0.721. The van der Waals surface area contributed by atoms with Crippen LogP contribution in [-0.2, 0) is 11.3 Å². The largest absolute Gasteiger partial charge is 0.350 e. The van der Waals surface area contributed by atoms with Crippen LogP contribution in [0.4, 0.5) is 0 Å². The van der Waals surface area contributed by atoms with Crippen molar-refractivity contribution < 1.29 is 4.79 Å². The number of nitrogens with one attached hydrogen (secondary N) is 1. The standard InChI is InChI=1S/C7H10ClN3OS/c1-4(8)7(12)9-3-6-5(2)10-11-13-6/h4H,3H2,1-2H3,(H,9,12). The van der Waals surface area contributed by atoms with Crippen molar-refractivity contribution in [2.45, 2.75) is 25.8 Å². The summed E-state index contributed by atoms with van der Waals surface area (Å²) in [7, 11) is 0. The van der Waals surface area contributed by atoms with Crippen LogP contribution in [0.15, 0.2) is 0 Å². The zero-order valence-electron chi connectivity index (χ0n) is 7.37. The van der Waals surface area contributed by atoms with Crippen molar-refractivity contribution in [2.24, 2.45) is 0 Å². The van der Waals surface area contributed by atoms with Gasteiger partial charge in [0.25, 0.3) is 0 Å². The maximum atomic E-state index is 11.1. The molecule has 0 aromatic carbocycles. The maximum absolute atomic E-state index is 11.1. The van der Waals surface area contributed by atoms with Gasteiger partial charge < -0.3 is 5.32 Å². The van der Waals surface area contributed by atoms with E-state index in [0.29, 0.717) is 6.54 Å². The van der Waals surface area contributed by atoms with Gasteiger partial charge >= 0.3 is 0 Å². The van der Waals surface area contributed by atoms with E-state index in [9.17, 15) is 4.79 Å². The van der Waals surface area contributed by atoms with Gasteiger partial charge in [-0.05, 0) is 25.4 Å². The number of aromatic nitrogens is 2. The molecule has 0 spiro atoms. The van der Waals surface area contributed by atoms with Gasteiger partial charge in [-0.15, -0.1) is 16.7 Å².